The Hall–Kier alpha value is -2.50. The van der Waals surface area contributed by atoms with Crippen molar-refractivity contribution in [1.82, 2.24) is 0 Å². The number of hydrogen-bond acceptors (Lipinski definition) is 4. The Kier molecular flexibility index (Phi) is 8.46. The van der Waals surface area contributed by atoms with Gasteiger partial charge in [0.25, 0.3) is 0 Å². The van der Waals surface area contributed by atoms with E-state index in [9.17, 15) is 0 Å². The SMILES string of the molecule is CCC1OCC(OCc2ccccc2)C(OCc2ccccc2)C1OCc1ccccc1. The first-order valence-corrected chi connectivity index (χ1v) is 11.4. The summed E-state index contributed by atoms with van der Waals surface area (Å²) in [6.07, 6.45) is 0.189. The van der Waals surface area contributed by atoms with Crippen LogP contribution in [0.2, 0.25) is 0 Å². The van der Waals surface area contributed by atoms with Crippen LogP contribution in [0.4, 0.5) is 0 Å². The lowest BCUT2D eigenvalue weighted by Crippen LogP contribution is -2.55. The third-order valence-electron chi connectivity index (χ3n) is 5.81. The topological polar surface area (TPSA) is 36.9 Å². The zero-order chi connectivity index (χ0) is 22.0. The molecule has 4 rings (SSSR count). The van der Waals surface area contributed by atoms with E-state index in [2.05, 4.69) is 43.3 Å². The van der Waals surface area contributed by atoms with Crippen molar-refractivity contribution in [2.75, 3.05) is 6.61 Å². The van der Waals surface area contributed by atoms with E-state index in [1.165, 1.54) is 0 Å². The molecule has 4 nitrogen and oxygen atoms in total. The maximum Gasteiger partial charge on any atom is 0.115 e. The Balaban J connectivity index is 1.49. The van der Waals surface area contributed by atoms with Crippen molar-refractivity contribution in [3.8, 4) is 0 Å². The number of ether oxygens (including phenoxy) is 4. The summed E-state index contributed by atoms with van der Waals surface area (Å²) in [5.74, 6) is 0. The molecule has 0 aromatic heterocycles. The first kappa shape index (κ1) is 22.7. The molecule has 1 heterocycles. The second kappa shape index (κ2) is 11.9. The molecule has 1 aliphatic heterocycles. The Morgan fingerprint density at radius 1 is 0.625 bits per heavy atom. The van der Waals surface area contributed by atoms with Gasteiger partial charge in [0.1, 0.15) is 18.3 Å². The zero-order valence-corrected chi connectivity index (χ0v) is 18.6. The van der Waals surface area contributed by atoms with Crippen LogP contribution in [0.3, 0.4) is 0 Å². The molecule has 0 spiro atoms. The van der Waals surface area contributed by atoms with Crippen LogP contribution in [0.25, 0.3) is 0 Å². The van der Waals surface area contributed by atoms with Gasteiger partial charge in [-0.2, -0.15) is 0 Å². The molecular weight excluding hydrogens is 400 g/mol. The molecule has 3 aromatic carbocycles. The first-order chi connectivity index (χ1) is 15.8. The molecule has 4 heteroatoms. The molecule has 1 fully saturated rings. The highest BCUT2D eigenvalue weighted by molar-refractivity contribution is 5.15. The van der Waals surface area contributed by atoms with Crippen molar-refractivity contribution in [3.63, 3.8) is 0 Å². The summed E-state index contributed by atoms with van der Waals surface area (Å²) < 4.78 is 25.4. The lowest BCUT2D eigenvalue weighted by Gasteiger charge is -2.42. The van der Waals surface area contributed by atoms with E-state index in [1.54, 1.807) is 0 Å². The van der Waals surface area contributed by atoms with E-state index in [0.717, 1.165) is 23.1 Å². The molecule has 0 radical (unpaired) electrons. The van der Waals surface area contributed by atoms with Crippen LogP contribution in [0.1, 0.15) is 30.0 Å². The van der Waals surface area contributed by atoms with Gasteiger partial charge in [0.2, 0.25) is 0 Å². The highest BCUT2D eigenvalue weighted by Gasteiger charge is 2.42. The van der Waals surface area contributed by atoms with Crippen LogP contribution < -0.4 is 0 Å². The van der Waals surface area contributed by atoms with Gasteiger partial charge in [-0.25, -0.2) is 0 Å². The molecule has 0 bridgehead atoms. The molecular formula is C28H32O4. The summed E-state index contributed by atoms with van der Waals surface area (Å²) in [5, 5.41) is 0. The molecule has 32 heavy (non-hydrogen) atoms. The van der Waals surface area contributed by atoms with Crippen molar-refractivity contribution in [2.24, 2.45) is 0 Å². The second-order valence-corrected chi connectivity index (χ2v) is 8.14. The highest BCUT2D eigenvalue weighted by Crippen LogP contribution is 2.28. The quantitative estimate of drug-likeness (QED) is 0.421. The van der Waals surface area contributed by atoms with E-state index in [-0.39, 0.29) is 24.4 Å². The minimum Gasteiger partial charge on any atom is -0.373 e. The fourth-order valence-corrected chi connectivity index (χ4v) is 4.04. The molecule has 3 aromatic rings. The summed E-state index contributed by atoms with van der Waals surface area (Å²) in [4.78, 5) is 0. The molecule has 0 N–H and O–H groups in total. The third kappa shape index (κ3) is 6.27. The largest absolute Gasteiger partial charge is 0.373 e. The van der Waals surface area contributed by atoms with Crippen LogP contribution in [0.15, 0.2) is 91.0 Å². The monoisotopic (exact) mass is 432 g/mol. The van der Waals surface area contributed by atoms with E-state index >= 15 is 0 Å². The summed E-state index contributed by atoms with van der Waals surface area (Å²) >= 11 is 0. The van der Waals surface area contributed by atoms with Crippen molar-refractivity contribution < 1.29 is 18.9 Å². The van der Waals surface area contributed by atoms with Crippen LogP contribution >= 0.6 is 0 Å². The van der Waals surface area contributed by atoms with Gasteiger partial charge in [-0.3, -0.25) is 0 Å². The number of benzene rings is 3. The maximum atomic E-state index is 6.47. The highest BCUT2D eigenvalue weighted by atomic mass is 16.6. The normalized spacial score (nSPS) is 23.2. The van der Waals surface area contributed by atoms with Gasteiger partial charge in [-0.05, 0) is 23.1 Å². The summed E-state index contributed by atoms with van der Waals surface area (Å²) in [7, 11) is 0. The van der Waals surface area contributed by atoms with E-state index < -0.39 is 0 Å². The molecule has 1 aliphatic rings. The summed E-state index contributed by atoms with van der Waals surface area (Å²) in [5.41, 5.74) is 3.40. The average molecular weight is 433 g/mol. The first-order valence-electron chi connectivity index (χ1n) is 11.4. The van der Waals surface area contributed by atoms with Gasteiger partial charge in [0.15, 0.2) is 0 Å². The van der Waals surface area contributed by atoms with Crippen LogP contribution in [-0.4, -0.2) is 31.0 Å². The van der Waals surface area contributed by atoms with Crippen molar-refractivity contribution >= 4 is 0 Å². The lowest BCUT2D eigenvalue weighted by atomic mass is 9.97. The van der Waals surface area contributed by atoms with E-state index in [0.29, 0.717) is 26.4 Å². The molecule has 168 valence electrons. The Morgan fingerprint density at radius 3 is 1.53 bits per heavy atom. The standard InChI is InChI=1S/C28H32O4/c1-2-25-27(31-19-23-14-8-4-9-15-23)28(32-20-24-16-10-5-11-17-24)26(21-30-25)29-18-22-12-6-3-7-13-22/h3-17,25-28H,2,18-21H2,1H3. The van der Waals surface area contributed by atoms with Gasteiger partial charge in [0.05, 0.1) is 32.5 Å². The predicted molar refractivity (Wildman–Crippen MR) is 125 cm³/mol. The van der Waals surface area contributed by atoms with E-state index in [1.807, 2.05) is 54.6 Å². The fraction of sp³-hybridized carbons (Fsp3) is 0.357. The van der Waals surface area contributed by atoms with Crippen LogP contribution in [-0.2, 0) is 38.8 Å². The molecule has 4 unspecified atom stereocenters. The van der Waals surface area contributed by atoms with E-state index in [4.69, 9.17) is 18.9 Å². The smallest absolute Gasteiger partial charge is 0.115 e. The zero-order valence-electron chi connectivity index (χ0n) is 18.6. The fourth-order valence-electron chi connectivity index (χ4n) is 4.04. The predicted octanol–water partition coefficient (Wildman–Crippen LogP) is 5.55. The Bertz CT molecular complexity index is 900. The van der Waals surface area contributed by atoms with Crippen LogP contribution in [0, 0.1) is 0 Å². The Labute approximate surface area is 191 Å². The van der Waals surface area contributed by atoms with Gasteiger partial charge in [-0.1, -0.05) is 97.9 Å². The molecule has 0 amide bonds. The lowest BCUT2D eigenvalue weighted by molar-refractivity contribution is -0.238. The molecule has 1 saturated heterocycles. The number of hydrogen-bond donors (Lipinski definition) is 0. The average Bonchev–Trinajstić information content (AvgIpc) is 2.87. The number of rotatable bonds is 10. The molecule has 4 atom stereocenters. The second-order valence-electron chi connectivity index (χ2n) is 8.14. The van der Waals surface area contributed by atoms with Crippen molar-refractivity contribution in [2.45, 2.75) is 57.6 Å². The van der Waals surface area contributed by atoms with Gasteiger partial charge in [0, 0.05) is 0 Å². The van der Waals surface area contributed by atoms with Crippen molar-refractivity contribution in [1.29, 1.82) is 0 Å². The molecule has 0 saturated carbocycles. The van der Waals surface area contributed by atoms with Gasteiger partial charge in [-0.15, -0.1) is 0 Å². The van der Waals surface area contributed by atoms with Gasteiger partial charge >= 0.3 is 0 Å². The van der Waals surface area contributed by atoms with Crippen LogP contribution in [0.5, 0.6) is 0 Å². The summed E-state index contributed by atoms with van der Waals surface area (Å²) in [6.45, 7) is 4.17. The maximum absolute atomic E-state index is 6.47. The Morgan fingerprint density at radius 2 is 1.06 bits per heavy atom. The minimum atomic E-state index is -0.221. The minimum absolute atomic E-state index is 0.0314. The van der Waals surface area contributed by atoms with Crippen molar-refractivity contribution in [3.05, 3.63) is 108 Å². The molecule has 0 aliphatic carbocycles. The third-order valence-corrected chi connectivity index (χ3v) is 5.81. The van der Waals surface area contributed by atoms with Gasteiger partial charge < -0.3 is 18.9 Å². The summed E-state index contributed by atoms with van der Waals surface area (Å²) in [6, 6.07) is 30.7.